The van der Waals surface area contributed by atoms with Crippen LogP contribution in [0, 0.1) is 0 Å². The largest absolute Gasteiger partial charge is 0.494 e. The second-order valence-electron chi connectivity index (χ2n) is 3.55. The Labute approximate surface area is 90.4 Å². The van der Waals surface area contributed by atoms with E-state index in [4.69, 9.17) is 9.47 Å². The highest BCUT2D eigenvalue weighted by Gasteiger charge is 2.18. The fourth-order valence-corrected chi connectivity index (χ4v) is 1.82. The average molecular weight is 207 g/mol. The third-order valence-electron chi connectivity index (χ3n) is 2.52. The van der Waals surface area contributed by atoms with Crippen molar-refractivity contribution in [3.63, 3.8) is 0 Å². The minimum Gasteiger partial charge on any atom is -0.494 e. The van der Waals surface area contributed by atoms with Gasteiger partial charge in [0.2, 0.25) is 0 Å². The molecule has 1 N–H and O–H groups in total. The van der Waals surface area contributed by atoms with Gasteiger partial charge in [-0.1, -0.05) is 18.2 Å². The van der Waals surface area contributed by atoms with Gasteiger partial charge in [-0.15, -0.1) is 0 Å². The maximum Gasteiger partial charge on any atom is 0.124 e. The van der Waals surface area contributed by atoms with Gasteiger partial charge in [0.25, 0.3) is 0 Å². The van der Waals surface area contributed by atoms with Crippen LogP contribution >= 0.6 is 0 Å². The van der Waals surface area contributed by atoms with Crippen LogP contribution in [-0.2, 0) is 4.74 Å². The molecule has 0 aliphatic carbocycles. The summed E-state index contributed by atoms with van der Waals surface area (Å²) in [6.07, 6.45) is 0. The molecular weight excluding hydrogens is 190 g/mol. The zero-order valence-electron chi connectivity index (χ0n) is 9.03. The maximum absolute atomic E-state index is 5.59. The predicted octanol–water partition coefficient (Wildman–Crippen LogP) is 1.75. The summed E-state index contributed by atoms with van der Waals surface area (Å²) in [6, 6.07) is 8.40. The third kappa shape index (κ3) is 2.49. The van der Waals surface area contributed by atoms with Crippen LogP contribution in [0.2, 0.25) is 0 Å². The molecule has 1 aliphatic heterocycles. The van der Waals surface area contributed by atoms with Crippen LogP contribution in [0.15, 0.2) is 24.3 Å². The lowest BCUT2D eigenvalue weighted by Crippen LogP contribution is -2.34. The molecule has 0 saturated carbocycles. The van der Waals surface area contributed by atoms with E-state index in [9.17, 15) is 0 Å². The molecule has 1 atom stereocenters. The molecule has 1 aromatic carbocycles. The molecule has 3 nitrogen and oxygen atoms in total. The lowest BCUT2D eigenvalue weighted by molar-refractivity contribution is 0.0758. The Kier molecular flexibility index (Phi) is 3.59. The first kappa shape index (κ1) is 10.5. The first-order chi connectivity index (χ1) is 7.42. The van der Waals surface area contributed by atoms with Gasteiger partial charge in [-0.2, -0.15) is 0 Å². The standard InChI is InChI=1S/C12H17NO2/c1-2-15-12-6-4-3-5-10(12)11-9-14-8-7-13-11/h3-6,11,13H,2,7-9H2,1H3/t11-/m0/s1. The van der Waals surface area contributed by atoms with Gasteiger partial charge in [-0.05, 0) is 13.0 Å². The van der Waals surface area contributed by atoms with E-state index in [2.05, 4.69) is 11.4 Å². The summed E-state index contributed by atoms with van der Waals surface area (Å²) < 4.78 is 11.0. The van der Waals surface area contributed by atoms with Crippen LogP contribution in [0.5, 0.6) is 5.75 Å². The van der Waals surface area contributed by atoms with Crippen LogP contribution in [0.4, 0.5) is 0 Å². The Morgan fingerprint density at radius 3 is 3.07 bits per heavy atom. The first-order valence-electron chi connectivity index (χ1n) is 5.44. The number of benzene rings is 1. The molecule has 1 fully saturated rings. The van der Waals surface area contributed by atoms with Gasteiger partial charge in [0, 0.05) is 12.1 Å². The Bertz CT molecular complexity index is 308. The number of hydrogen-bond donors (Lipinski definition) is 1. The van der Waals surface area contributed by atoms with Crippen molar-refractivity contribution in [1.29, 1.82) is 0 Å². The zero-order valence-corrected chi connectivity index (χ0v) is 9.03. The minimum absolute atomic E-state index is 0.265. The van der Waals surface area contributed by atoms with Gasteiger partial charge in [-0.3, -0.25) is 0 Å². The molecule has 0 unspecified atom stereocenters. The number of hydrogen-bond acceptors (Lipinski definition) is 3. The van der Waals surface area contributed by atoms with Crippen molar-refractivity contribution in [3.05, 3.63) is 29.8 Å². The number of rotatable bonds is 3. The van der Waals surface area contributed by atoms with E-state index in [1.807, 2.05) is 25.1 Å². The molecule has 1 aromatic rings. The Morgan fingerprint density at radius 2 is 2.33 bits per heavy atom. The molecule has 0 spiro atoms. The fraction of sp³-hybridized carbons (Fsp3) is 0.500. The molecule has 15 heavy (non-hydrogen) atoms. The molecule has 3 heteroatoms. The molecule has 0 bridgehead atoms. The summed E-state index contributed by atoms with van der Waals surface area (Å²) in [5.74, 6) is 0.961. The Hall–Kier alpha value is -1.06. The summed E-state index contributed by atoms with van der Waals surface area (Å²) in [5.41, 5.74) is 1.19. The highest BCUT2D eigenvalue weighted by atomic mass is 16.5. The molecule has 2 rings (SSSR count). The lowest BCUT2D eigenvalue weighted by atomic mass is 10.1. The van der Waals surface area contributed by atoms with Crippen molar-refractivity contribution in [2.24, 2.45) is 0 Å². The smallest absolute Gasteiger partial charge is 0.124 e. The van der Waals surface area contributed by atoms with Gasteiger partial charge < -0.3 is 14.8 Å². The molecule has 0 amide bonds. The van der Waals surface area contributed by atoms with Crippen LogP contribution in [0.1, 0.15) is 18.5 Å². The summed E-state index contributed by atoms with van der Waals surface area (Å²) in [5, 5.41) is 3.43. The van der Waals surface area contributed by atoms with E-state index in [-0.39, 0.29) is 6.04 Å². The van der Waals surface area contributed by atoms with Crippen molar-refractivity contribution in [2.75, 3.05) is 26.4 Å². The van der Waals surface area contributed by atoms with Gasteiger partial charge in [0.1, 0.15) is 5.75 Å². The normalized spacial score (nSPS) is 21.3. The summed E-state index contributed by atoms with van der Waals surface area (Å²) in [4.78, 5) is 0. The number of para-hydroxylation sites is 1. The van der Waals surface area contributed by atoms with E-state index in [0.717, 1.165) is 25.5 Å². The van der Waals surface area contributed by atoms with Crippen molar-refractivity contribution in [3.8, 4) is 5.75 Å². The van der Waals surface area contributed by atoms with E-state index < -0.39 is 0 Å². The second-order valence-corrected chi connectivity index (χ2v) is 3.55. The van der Waals surface area contributed by atoms with Gasteiger partial charge in [0.05, 0.1) is 25.9 Å². The highest BCUT2D eigenvalue weighted by molar-refractivity contribution is 5.36. The summed E-state index contributed by atoms with van der Waals surface area (Å²) >= 11 is 0. The summed E-state index contributed by atoms with van der Waals surface area (Å²) in [7, 11) is 0. The van der Waals surface area contributed by atoms with Crippen LogP contribution in [0.25, 0.3) is 0 Å². The first-order valence-corrected chi connectivity index (χ1v) is 5.44. The molecule has 1 heterocycles. The molecule has 1 aliphatic rings. The fourth-order valence-electron chi connectivity index (χ4n) is 1.82. The third-order valence-corrected chi connectivity index (χ3v) is 2.52. The van der Waals surface area contributed by atoms with E-state index in [0.29, 0.717) is 6.61 Å². The Morgan fingerprint density at radius 1 is 1.47 bits per heavy atom. The Balaban J connectivity index is 2.17. The maximum atomic E-state index is 5.59. The van der Waals surface area contributed by atoms with E-state index in [1.54, 1.807) is 0 Å². The lowest BCUT2D eigenvalue weighted by Gasteiger charge is -2.25. The number of ether oxygens (including phenoxy) is 2. The topological polar surface area (TPSA) is 30.5 Å². The van der Waals surface area contributed by atoms with Gasteiger partial charge in [0.15, 0.2) is 0 Å². The second kappa shape index (κ2) is 5.14. The zero-order chi connectivity index (χ0) is 10.5. The van der Waals surface area contributed by atoms with Crippen LogP contribution in [0.3, 0.4) is 0 Å². The molecule has 0 aromatic heterocycles. The van der Waals surface area contributed by atoms with Crippen molar-refractivity contribution in [1.82, 2.24) is 5.32 Å². The molecular formula is C12H17NO2. The van der Waals surface area contributed by atoms with Gasteiger partial charge >= 0.3 is 0 Å². The molecule has 82 valence electrons. The van der Waals surface area contributed by atoms with Crippen molar-refractivity contribution >= 4 is 0 Å². The predicted molar refractivity (Wildman–Crippen MR) is 59.2 cm³/mol. The number of nitrogens with one attached hydrogen (secondary N) is 1. The van der Waals surface area contributed by atoms with E-state index in [1.165, 1.54) is 5.56 Å². The van der Waals surface area contributed by atoms with Gasteiger partial charge in [-0.25, -0.2) is 0 Å². The minimum atomic E-state index is 0.265. The quantitative estimate of drug-likeness (QED) is 0.819. The monoisotopic (exact) mass is 207 g/mol. The molecule has 0 radical (unpaired) electrons. The van der Waals surface area contributed by atoms with E-state index >= 15 is 0 Å². The SMILES string of the molecule is CCOc1ccccc1[C@@H]1COCCN1. The average Bonchev–Trinajstić information content (AvgIpc) is 2.31. The van der Waals surface area contributed by atoms with Crippen LogP contribution < -0.4 is 10.1 Å². The molecule has 1 saturated heterocycles. The number of morpholine rings is 1. The summed E-state index contributed by atoms with van der Waals surface area (Å²) in [6.45, 7) is 5.13. The highest BCUT2D eigenvalue weighted by Crippen LogP contribution is 2.26. The van der Waals surface area contributed by atoms with Crippen LogP contribution in [-0.4, -0.2) is 26.4 Å². The van der Waals surface area contributed by atoms with Crippen molar-refractivity contribution < 1.29 is 9.47 Å². The van der Waals surface area contributed by atoms with Crippen molar-refractivity contribution in [2.45, 2.75) is 13.0 Å².